The van der Waals surface area contributed by atoms with Crippen molar-refractivity contribution in [1.82, 2.24) is 25.2 Å². The molecular weight excluding hydrogens is 347 g/mol. The molecular formula is C19H27FN6O. The molecule has 0 radical (unpaired) electrons. The highest BCUT2D eigenvalue weighted by atomic mass is 19.1. The number of hydrogen-bond acceptors (Lipinski definition) is 5. The van der Waals surface area contributed by atoms with E-state index in [0.29, 0.717) is 19.0 Å². The van der Waals surface area contributed by atoms with E-state index in [1.165, 1.54) is 12.1 Å². The van der Waals surface area contributed by atoms with Crippen LogP contribution in [0, 0.1) is 5.82 Å². The molecule has 7 nitrogen and oxygen atoms in total. The topological polar surface area (TPSA) is 89.1 Å². The Hall–Kier alpha value is -2.32. The molecule has 1 saturated heterocycles. The van der Waals surface area contributed by atoms with Gasteiger partial charge in [-0.25, -0.2) is 9.07 Å². The summed E-state index contributed by atoms with van der Waals surface area (Å²) in [5.74, 6) is -0.368. The smallest absolute Gasteiger partial charge is 0.241 e. The maximum atomic E-state index is 12.9. The van der Waals surface area contributed by atoms with E-state index < -0.39 is 0 Å². The van der Waals surface area contributed by atoms with Crippen LogP contribution >= 0.6 is 0 Å². The average molecular weight is 374 g/mol. The molecule has 146 valence electrons. The van der Waals surface area contributed by atoms with E-state index in [9.17, 15) is 9.18 Å². The van der Waals surface area contributed by atoms with E-state index in [1.807, 2.05) is 6.20 Å². The summed E-state index contributed by atoms with van der Waals surface area (Å²) in [4.78, 5) is 14.4. The van der Waals surface area contributed by atoms with Crippen molar-refractivity contribution in [2.75, 3.05) is 26.2 Å². The van der Waals surface area contributed by atoms with Gasteiger partial charge < -0.3 is 16.0 Å². The molecule has 3 rings (SSSR count). The number of likely N-dealkylation sites (tertiary alicyclic amines) is 1. The fourth-order valence-corrected chi connectivity index (χ4v) is 3.18. The van der Waals surface area contributed by atoms with E-state index in [0.717, 1.165) is 50.2 Å². The number of nitrogens with two attached hydrogens (primary N) is 1. The van der Waals surface area contributed by atoms with Gasteiger partial charge >= 0.3 is 0 Å². The Labute approximate surface area is 158 Å². The lowest BCUT2D eigenvalue weighted by Crippen LogP contribution is -2.40. The maximum absolute atomic E-state index is 12.9. The predicted octanol–water partition coefficient (Wildman–Crippen LogP) is 0.742. The molecule has 1 aromatic heterocycles. The summed E-state index contributed by atoms with van der Waals surface area (Å²) in [5.41, 5.74) is 7.80. The van der Waals surface area contributed by atoms with Gasteiger partial charge in [-0.2, -0.15) is 0 Å². The van der Waals surface area contributed by atoms with Crippen LogP contribution in [0.5, 0.6) is 0 Å². The lowest BCUT2D eigenvalue weighted by Gasteiger charge is -2.29. The summed E-state index contributed by atoms with van der Waals surface area (Å²) in [6, 6.07) is 6.63. The van der Waals surface area contributed by atoms with Crippen molar-refractivity contribution >= 4 is 5.91 Å². The van der Waals surface area contributed by atoms with E-state index in [4.69, 9.17) is 5.73 Å². The molecule has 27 heavy (non-hydrogen) atoms. The lowest BCUT2D eigenvalue weighted by atomic mass is 10.1. The highest BCUT2D eigenvalue weighted by Crippen LogP contribution is 2.09. The molecule has 8 heteroatoms. The number of hydrogen-bond donors (Lipinski definition) is 2. The van der Waals surface area contributed by atoms with Crippen LogP contribution in [0.1, 0.15) is 24.1 Å². The Kier molecular flexibility index (Phi) is 6.89. The van der Waals surface area contributed by atoms with Gasteiger partial charge in [0.15, 0.2) is 0 Å². The maximum Gasteiger partial charge on any atom is 0.241 e. The van der Waals surface area contributed by atoms with Gasteiger partial charge in [0.25, 0.3) is 0 Å². The molecule has 0 atom stereocenters. The van der Waals surface area contributed by atoms with Crippen LogP contribution in [0.25, 0.3) is 0 Å². The zero-order chi connectivity index (χ0) is 19.1. The molecule has 1 amide bonds. The monoisotopic (exact) mass is 374 g/mol. The van der Waals surface area contributed by atoms with Crippen molar-refractivity contribution in [2.24, 2.45) is 5.73 Å². The number of amides is 1. The molecule has 0 unspecified atom stereocenters. The van der Waals surface area contributed by atoms with Gasteiger partial charge in [-0.1, -0.05) is 17.3 Å². The van der Waals surface area contributed by atoms with Crippen LogP contribution < -0.4 is 11.1 Å². The Morgan fingerprint density at radius 1 is 1.22 bits per heavy atom. The number of nitrogens with one attached hydrogen (secondary N) is 1. The minimum absolute atomic E-state index is 0.112. The number of benzene rings is 1. The van der Waals surface area contributed by atoms with Gasteiger partial charge in [-0.15, -0.1) is 5.10 Å². The Morgan fingerprint density at radius 2 is 1.96 bits per heavy atom. The third-order valence-corrected chi connectivity index (χ3v) is 4.86. The largest absolute Gasteiger partial charge is 0.354 e. The van der Waals surface area contributed by atoms with Crippen LogP contribution in [-0.2, 0) is 24.2 Å². The summed E-state index contributed by atoms with van der Waals surface area (Å²) < 4.78 is 14.4. The third-order valence-electron chi connectivity index (χ3n) is 4.86. The lowest BCUT2D eigenvalue weighted by molar-refractivity contribution is -0.121. The molecule has 0 bridgehead atoms. The summed E-state index contributed by atoms with van der Waals surface area (Å²) >= 11 is 0. The van der Waals surface area contributed by atoms with Gasteiger partial charge in [0.1, 0.15) is 12.4 Å². The Bertz CT molecular complexity index is 724. The fourth-order valence-electron chi connectivity index (χ4n) is 3.18. The van der Waals surface area contributed by atoms with E-state index in [-0.39, 0.29) is 18.3 Å². The first-order chi connectivity index (χ1) is 13.1. The summed E-state index contributed by atoms with van der Waals surface area (Å²) in [5, 5.41) is 11.0. The summed E-state index contributed by atoms with van der Waals surface area (Å²) in [7, 11) is 0. The van der Waals surface area contributed by atoms with Gasteiger partial charge in [0, 0.05) is 31.7 Å². The van der Waals surface area contributed by atoms with E-state index in [1.54, 1.807) is 16.8 Å². The summed E-state index contributed by atoms with van der Waals surface area (Å²) in [6.45, 7) is 3.66. The van der Waals surface area contributed by atoms with Crippen LogP contribution in [0.4, 0.5) is 4.39 Å². The molecule has 1 fully saturated rings. The SMILES string of the molecule is NC1CCN(CCc2cn(CC(=O)NCCc3ccc(F)cc3)nn2)CC1. The Balaban J connectivity index is 1.35. The number of aromatic nitrogens is 3. The standard InChI is InChI=1S/C19H27FN6O/c20-16-3-1-15(2-4-16)5-9-22-19(27)14-26-13-18(23-24-26)8-12-25-10-6-17(21)7-11-25/h1-4,13,17H,5-12,14,21H2,(H,22,27). The van der Waals surface area contributed by atoms with E-state index >= 15 is 0 Å². The minimum atomic E-state index is -0.256. The number of nitrogens with zero attached hydrogens (tertiary/aromatic N) is 4. The molecule has 1 aliphatic rings. The van der Waals surface area contributed by atoms with Crippen LogP contribution in [-0.4, -0.2) is 58.0 Å². The van der Waals surface area contributed by atoms with Gasteiger partial charge in [-0.3, -0.25) is 4.79 Å². The zero-order valence-electron chi connectivity index (χ0n) is 15.5. The molecule has 0 spiro atoms. The zero-order valence-corrected chi connectivity index (χ0v) is 15.5. The quantitative estimate of drug-likeness (QED) is 0.712. The molecule has 2 heterocycles. The second-order valence-electron chi connectivity index (χ2n) is 7.06. The van der Waals surface area contributed by atoms with Crippen LogP contribution in [0.15, 0.2) is 30.5 Å². The molecule has 1 aliphatic heterocycles. The molecule has 3 N–H and O–H groups in total. The highest BCUT2D eigenvalue weighted by molar-refractivity contribution is 5.75. The molecule has 1 aromatic carbocycles. The van der Waals surface area contributed by atoms with Gasteiger partial charge in [0.05, 0.1) is 5.69 Å². The van der Waals surface area contributed by atoms with Crippen molar-refractivity contribution in [3.05, 3.63) is 47.5 Å². The molecule has 2 aromatic rings. The molecule has 0 saturated carbocycles. The van der Waals surface area contributed by atoms with Crippen LogP contribution in [0.3, 0.4) is 0 Å². The number of piperidine rings is 1. The minimum Gasteiger partial charge on any atom is -0.354 e. The average Bonchev–Trinajstić information content (AvgIpc) is 3.10. The van der Waals surface area contributed by atoms with Crippen molar-refractivity contribution in [3.8, 4) is 0 Å². The summed E-state index contributed by atoms with van der Waals surface area (Å²) in [6.07, 6.45) is 5.40. The number of carbonyl (C=O) groups is 1. The highest BCUT2D eigenvalue weighted by Gasteiger charge is 2.16. The van der Waals surface area contributed by atoms with Crippen molar-refractivity contribution in [2.45, 2.75) is 38.3 Å². The second-order valence-corrected chi connectivity index (χ2v) is 7.06. The second kappa shape index (κ2) is 9.57. The first-order valence-electron chi connectivity index (χ1n) is 9.46. The molecule has 0 aliphatic carbocycles. The fraction of sp³-hybridized carbons (Fsp3) is 0.526. The number of halogens is 1. The predicted molar refractivity (Wildman–Crippen MR) is 100 cm³/mol. The van der Waals surface area contributed by atoms with Gasteiger partial charge in [0.2, 0.25) is 5.91 Å². The Morgan fingerprint density at radius 3 is 2.70 bits per heavy atom. The number of rotatable bonds is 8. The van der Waals surface area contributed by atoms with Crippen LogP contribution in [0.2, 0.25) is 0 Å². The van der Waals surface area contributed by atoms with Crippen molar-refractivity contribution in [3.63, 3.8) is 0 Å². The van der Waals surface area contributed by atoms with Crippen molar-refractivity contribution in [1.29, 1.82) is 0 Å². The first kappa shape index (κ1) is 19.4. The normalized spacial score (nSPS) is 15.8. The number of carbonyl (C=O) groups excluding carboxylic acids is 1. The third kappa shape index (κ3) is 6.41. The van der Waals surface area contributed by atoms with E-state index in [2.05, 4.69) is 20.5 Å². The first-order valence-corrected chi connectivity index (χ1v) is 9.46. The van der Waals surface area contributed by atoms with Crippen molar-refractivity contribution < 1.29 is 9.18 Å². The van der Waals surface area contributed by atoms with Gasteiger partial charge in [-0.05, 0) is 50.0 Å².